The van der Waals surface area contributed by atoms with E-state index in [1.807, 2.05) is 0 Å². The van der Waals surface area contributed by atoms with Crippen LogP contribution in [0, 0.1) is 0 Å². The van der Waals surface area contributed by atoms with Gasteiger partial charge in [0.1, 0.15) is 5.82 Å². The fraction of sp³-hybridized carbons (Fsp3) is 0.154. The van der Waals surface area contributed by atoms with E-state index in [9.17, 15) is 18.3 Å². The minimum Gasteiger partial charge on any atom is -0.390 e. The number of aromatic nitrogens is 1. The summed E-state index contributed by atoms with van der Waals surface area (Å²) in [6.07, 6.45) is -4.47. The molecule has 0 spiro atoms. The van der Waals surface area contributed by atoms with E-state index in [1.54, 1.807) is 0 Å². The minimum absolute atomic E-state index is 0.0217. The Kier molecular flexibility index (Phi) is 3.44. The Labute approximate surface area is 107 Å². The number of rotatable bonds is 2. The number of aliphatic hydroxyl groups is 1. The van der Waals surface area contributed by atoms with Crippen molar-refractivity contribution < 1.29 is 18.3 Å². The summed E-state index contributed by atoms with van der Waals surface area (Å²) >= 11 is 0. The van der Waals surface area contributed by atoms with Crippen molar-refractivity contribution in [1.29, 1.82) is 0 Å². The number of benzene rings is 1. The number of nitrogens with two attached hydrogens (primary N) is 1. The maximum atomic E-state index is 12.9. The van der Waals surface area contributed by atoms with Gasteiger partial charge in [0.05, 0.1) is 17.9 Å². The van der Waals surface area contributed by atoms with Gasteiger partial charge in [0.25, 0.3) is 0 Å². The van der Waals surface area contributed by atoms with Crippen molar-refractivity contribution in [3.8, 4) is 11.1 Å². The lowest BCUT2D eigenvalue weighted by Gasteiger charge is -2.14. The summed E-state index contributed by atoms with van der Waals surface area (Å²) in [5.74, 6) is 0.150. The van der Waals surface area contributed by atoms with E-state index in [0.717, 1.165) is 6.07 Å². The molecule has 0 bridgehead atoms. The summed E-state index contributed by atoms with van der Waals surface area (Å²) in [4.78, 5) is 3.85. The molecule has 1 aromatic carbocycles. The lowest BCUT2D eigenvalue weighted by molar-refractivity contribution is -0.137. The summed E-state index contributed by atoms with van der Waals surface area (Å²) in [6.45, 7) is -0.480. The average molecular weight is 268 g/mol. The third-order valence-corrected chi connectivity index (χ3v) is 2.67. The van der Waals surface area contributed by atoms with Crippen molar-refractivity contribution in [2.75, 3.05) is 5.73 Å². The topological polar surface area (TPSA) is 59.1 Å². The van der Waals surface area contributed by atoms with Crippen LogP contribution < -0.4 is 5.73 Å². The van der Waals surface area contributed by atoms with Gasteiger partial charge in [-0.2, -0.15) is 13.2 Å². The van der Waals surface area contributed by atoms with Gasteiger partial charge in [-0.15, -0.1) is 0 Å². The van der Waals surface area contributed by atoms with Crippen LogP contribution in [0.2, 0.25) is 0 Å². The van der Waals surface area contributed by atoms with Crippen LogP contribution in [0.25, 0.3) is 11.1 Å². The SMILES string of the molecule is Nc1ccc(-c2ccccc2C(F)(F)F)c(CO)n1. The summed E-state index contributed by atoms with van der Waals surface area (Å²) in [5.41, 5.74) is 5.02. The Morgan fingerprint density at radius 2 is 1.74 bits per heavy atom. The van der Waals surface area contributed by atoms with Crippen molar-refractivity contribution in [3.63, 3.8) is 0 Å². The standard InChI is InChI=1S/C13H11F3N2O/c14-13(15,16)10-4-2-1-3-8(10)9-5-6-12(17)18-11(9)7-19/h1-6,19H,7H2,(H2,17,18). The highest BCUT2D eigenvalue weighted by Gasteiger charge is 2.33. The number of aliphatic hydroxyl groups excluding tert-OH is 1. The third kappa shape index (κ3) is 2.68. The molecular weight excluding hydrogens is 257 g/mol. The van der Waals surface area contributed by atoms with Crippen LogP contribution in [0.4, 0.5) is 19.0 Å². The smallest absolute Gasteiger partial charge is 0.390 e. The lowest BCUT2D eigenvalue weighted by Crippen LogP contribution is -2.08. The molecular formula is C13H11F3N2O. The van der Waals surface area contributed by atoms with E-state index in [2.05, 4.69) is 4.98 Å². The molecule has 6 heteroatoms. The zero-order valence-electron chi connectivity index (χ0n) is 9.78. The minimum atomic E-state index is -4.47. The highest BCUT2D eigenvalue weighted by molar-refractivity contribution is 5.71. The first kappa shape index (κ1) is 13.4. The molecule has 1 heterocycles. The summed E-state index contributed by atoms with van der Waals surface area (Å²) < 4.78 is 38.8. The van der Waals surface area contributed by atoms with Crippen molar-refractivity contribution in [2.24, 2.45) is 0 Å². The zero-order chi connectivity index (χ0) is 14.0. The first-order valence-corrected chi connectivity index (χ1v) is 5.46. The first-order chi connectivity index (χ1) is 8.93. The number of hydrogen-bond acceptors (Lipinski definition) is 3. The predicted molar refractivity (Wildman–Crippen MR) is 65.0 cm³/mol. The molecule has 0 aliphatic rings. The average Bonchev–Trinajstić information content (AvgIpc) is 2.37. The molecule has 1 aromatic heterocycles. The van der Waals surface area contributed by atoms with Crippen LogP contribution in [0.15, 0.2) is 36.4 Å². The van der Waals surface area contributed by atoms with Gasteiger partial charge in [0, 0.05) is 5.56 Å². The fourth-order valence-corrected chi connectivity index (χ4v) is 1.85. The van der Waals surface area contributed by atoms with Gasteiger partial charge in [0.15, 0.2) is 0 Å². The molecule has 0 aliphatic heterocycles. The maximum Gasteiger partial charge on any atom is 0.417 e. The first-order valence-electron chi connectivity index (χ1n) is 5.46. The van der Waals surface area contributed by atoms with Crippen molar-refractivity contribution in [3.05, 3.63) is 47.7 Å². The van der Waals surface area contributed by atoms with E-state index < -0.39 is 18.3 Å². The van der Waals surface area contributed by atoms with Crippen LogP contribution in [0.5, 0.6) is 0 Å². The van der Waals surface area contributed by atoms with E-state index >= 15 is 0 Å². The molecule has 0 aliphatic carbocycles. The molecule has 2 rings (SSSR count). The Morgan fingerprint density at radius 1 is 1.05 bits per heavy atom. The van der Waals surface area contributed by atoms with Gasteiger partial charge >= 0.3 is 6.18 Å². The number of anilines is 1. The third-order valence-electron chi connectivity index (χ3n) is 2.67. The molecule has 0 saturated carbocycles. The molecule has 0 amide bonds. The van der Waals surface area contributed by atoms with E-state index in [4.69, 9.17) is 5.73 Å². The Hall–Kier alpha value is -2.08. The van der Waals surface area contributed by atoms with Crippen LogP contribution in [-0.2, 0) is 12.8 Å². The lowest BCUT2D eigenvalue weighted by atomic mass is 9.98. The second-order valence-corrected chi connectivity index (χ2v) is 3.93. The van der Waals surface area contributed by atoms with Crippen LogP contribution >= 0.6 is 0 Å². The van der Waals surface area contributed by atoms with Crippen molar-refractivity contribution in [2.45, 2.75) is 12.8 Å². The largest absolute Gasteiger partial charge is 0.417 e. The van der Waals surface area contributed by atoms with E-state index in [-0.39, 0.29) is 22.6 Å². The summed E-state index contributed by atoms with van der Waals surface area (Å²) in [6, 6.07) is 7.99. The van der Waals surface area contributed by atoms with Gasteiger partial charge < -0.3 is 10.8 Å². The second-order valence-electron chi connectivity index (χ2n) is 3.93. The second kappa shape index (κ2) is 4.89. The molecule has 2 aromatic rings. The highest BCUT2D eigenvalue weighted by Crippen LogP contribution is 2.37. The van der Waals surface area contributed by atoms with Gasteiger partial charge in [-0.25, -0.2) is 4.98 Å². The van der Waals surface area contributed by atoms with Crippen LogP contribution in [0.1, 0.15) is 11.3 Å². The summed E-state index contributed by atoms with van der Waals surface area (Å²) in [7, 11) is 0. The molecule has 0 fully saturated rings. The van der Waals surface area contributed by atoms with Gasteiger partial charge in [-0.05, 0) is 23.8 Å². The van der Waals surface area contributed by atoms with Gasteiger partial charge in [0.2, 0.25) is 0 Å². The fourth-order valence-electron chi connectivity index (χ4n) is 1.85. The monoisotopic (exact) mass is 268 g/mol. The molecule has 0 radical (unpaired) electrons. The molecule has 19 heavy (non-hydrogen) atoms. The maximum absolute atomic E-state index is 12.9. The number of nitrogen functional groups attached to an aromatic ring is 1. The number of halogens is 3. The van der Waals surface area contributed by atoms with Crippen LogP contribution in [0.3, 0.4) is 0 Å². The zero-order valence-corrected chi connectivity index (χ0v) is 9.78. The molecule has 3 N–H and O–H groups in total. The molecule has 3 nitrogen and oxygen atoms in total. The van der Waals surface area contributed by atoms with Crippen LogP contribution in [-0.4, -0.2) is 10.1 Å². The summed E-state index contributed by atoms with van der Waals surface area (Å²) in [5, 5.41) is 9.20. The Bertz CT molecular complexity index is 597. The van der Waals surface area contributed by atoms with Crippen molar-refractivity contribution >= 4 is 5.82 Å². The predicted octanol–water partition coefficient (Wildman–Crippen LogP) is 2.84. The number of nitrogens with zero attached hydrogens (tertiary/aromatic N) is 1. The van der Waals surface area contributed by atoms with Gasteiger partial charge in [-0.1, -0.05) is 18.2 Å². The number of alkyl halides is 3. The highest BCUT2D eigenvalue weighted by atomic mass is 19.4. The number of pyridine rings is 1. The quantitative estimate of drug-likeness (QED) is 0.880. The normalized spacial score (nSPS) is 11.6. The molecule has 0 saturated heterocycles. The molecule has 100 valence electrons. The Balaban J connectivity index is 2.66. The van der Waals surface area contributed by atoms with E-state index in [1.165, 1.54) is 30.3 Å². The molecule has 0 atom stereocenters. The van der Waals surface area contributed by atoms with Crippen molar-refractivity contribution in [1.82, 2.24) is 4.98 Å². The number of hydrogen-bond donors (Lipinski definition) is 2. The van der Waals surface area contributed by atoms with Gasteiger partial charge in [-0.3, -0.25) is 0 Å². The Morgan fingerprint density at radius 3 is 2.37 bits per heavy atom. The van der Waals surface area contributed by atoms with E-state index in [0.29, 0.717) is 0 Å². The molecule has 0 unspecified atom stereocenters.